The summed E-state index contributed by atoms with van der Waals surface area (Å²) in [7, 11) is 0. The number of β-amino-alcohol motifs (C(OH)–C–C–N with tert-alkyl or cyclic N) is 1. The minimum Gasteiger partial charge on any atom is -0.507 e. The number of phenolic OH excluding ortho intramolecular Hbond substituents is 1. The Morgan fingerprint density at radius 3 is 2.73 bits per heavy atom. The third-order valence-corrected chi connectivity index (χ3v) is 5.79. The molecule has 0 saturated heterocycles. The Balaban J connectivity index is 1.79. The minimum absolute atomic E-state index is 0.00820. The van der Waals surface area contributed by atoms with Crippen LogP contribution < -0.4 is 14.4 Å². The monoisotopic (exact) mass is 419 g/mol. The first-order valence-corrected chi connectivity index (χ1v) is 9.73. The molecule has 0 radical (unpaired) electrons. The van der Waals surface area contributed by atoms with Gasteiger partial charge in [-0.05, 0) is 24.6 Å². The molecule has 2 aromatic carbocycles. The van der Waals surface area contributed by atoms with Crippen LogP contribution in [0.25, 0.3) is 0 Å². The summed E-state index contributed by atoms with van der Waals surface area (Å²) in [5, 5.41) is 22.3. The van der Waals surface area contributed by atoms with Gasteiger partial charge in [0.25, 0.3) is 0 Å². The second-order valence-electron chi connectivity index (χ2n) is 6.85. The van der Waals surface area contributed by atoms with E-state index in [4.69, 9.17) is 9.47 Å². The van der Waals surface area contributed by atoms with Crippen molar-refractivity contribution in [3.05, 3.63) is 45.9 Å². The number of aliphatic hydroxyl groups is 1. The van der Waals surface area contributed by atoms with E-state index in [1.807, 2.05) is 18.2 Å². The Hall–Kier alpha value is -1.92. The zero-order chi connectivity index (χ0) is 18.3. The highest BCUT2D eigenvalue weighted by atomic mass is 79.9. The van der Waals surface area contributed by atoms with Crippen molar-refractivity contribution in [3.8, 4) is 17.2 Å². The van der Waals surface area contributed by atoms with E-state index in [-0.39, 0.29) is 12.5 Å². The molecule has 138 valence electrons. The molecule has 1 unspecified atom stereocenters. The van der Waals surface area contributed by atoms with E-state index < -0.39 is 5.60 Å². The van der Waals surface area contributed by atoms with E-state index in [2.05, 4.69) is 27.8 Å². The van der Waals surface area contributed by atoms with Crippen LogP contribution in [-0.2, 0) is 5.60 Å². The molecule has 6 heteroatoms. The first-order chi connectivity index (χ1) is 12.5. The van der Waals surface area contributed by atoms with Crippen molar-refractivity contribution in [1.82, 2.24) is 0 Å². The van der Waals surface area contributed by atoms with Crippen molar-refractivity contribution >= 4 is 21.6 Å². The van der Waals surface area contributed by atoms with Crippen LogP contribution in [0.2, 0.25) is 0 Å². The SMILES string of the molecule is CCCCCN1CC(O)(c2cc3c(cc2O)OCO3)c2c(Br)cccc21. The summed E-state index contributed by atoms with van der Waals surface area (Å²) in [5.74, 6) is 1.05. The number of fused-ring (bicyclic) bond motifs is 2. The Kier molecular flexibility index (Phi) is 4.49. The van der Waals surface area contributed by atoms with Crippen LogP contribution in [0.1, 0.15) is 37.3 Å². The quantitative estimate of drug-likeness (QED) is 0.713. The number of aromatic hydroxyl groups is 1. The van der Waals surface area contributed by atoms with Crippen molar-refractivity contribution in [2.24, 2.45) is 0 Å². The molecule has 5 nitrogen and oxygen atoms in total. The normalized spacial score (nSPS) is 20.5. The number of hydrogen-bond donors (Lipinski definition) is 2. The number of hydrogen-bond acceptors (Lipinski definition) is 5. The van der Waals surface area contributed by atoms with Gasteiger partial charge in [-0.2, -0.15) is 0 Å². The summed E-state index contributed by atoms with van der Waals surface area (Å²) < 4.78 is 11.6. The maximum atomic E-state index is 11.7. The standard InChI is InChI=1S/C20H22BrNO4/c1-2-3-4-8-22-11-20(24,19-14(21)6-5-7-15(19)22)13-9-17-18(10-16(13)23)26-12-25-17/h5-7,9-10,23-24H,2-4,8,11-12H2,1H3. The zero-order valence-corrected chi connectivity index (χ0v) is 16.3. The van der Waals surface area contributed by atoms with Crippen LogP contribution in [0.5, 0.6) is 17.2 Å². The van der Waals surface area contributed by atoms with Crippen molar-refractivity contribution < 1.29 is 19.7 Å². The van der Waals surface area contributed by atoms with Crippen LogP contribution in [0.3, 0.4) is 0 Å². The molecule has 0 aromatic heterocycles. The molecule has 2 aromatic rings. The van der Waals surface area contributed by atoms with E-state index in [1.54, 1.807) is 6.07 Å². The topological polar surface area (TPSA) is 62.2 Å². The van der Waals surface area contributed by atoms with Gasteiger partial charge in [0, 0.05) is 33.9 Å². The molecule has 0 amide bonds. The summed E-state index contributed by atoms with van der Waals surface area (Å²) in [6, 6.07) is 9.13. The average Bonchev–Trinajstić information content (AvgIpc) is 3.18. The van der Waals surface area contributed by atoms with Crippen LogP contribution in [0.4, 0.5) is 5.69 Å². The van der Waals surface area contributed by atoms with Crippen LogP contribution in [0.15, 0.2) is 34.8 Å². The molecule has 2 heterocycles. The van der Waals surface area contributed by atoms with Gasteiger partial charge in [-0.1, -0.05) is 41.8 Å². The lowest BCUT2D eigenvalue weighted by Crippen LogP contribution is -2.35. The second kappa shape index (κ2) is 6.67. The van der Waals surface area contributed by atoms with Gasteiger partial charge < -0.3 is 24.6 Å². The number of ether oxygens (including phenoxy) is 2. The van der Waals surface area contributed by atoms with E-state index in [1.165, 1.54) is 6.07 Å². The lowest BCUT2D eigenvalue weighted by atomic mass is 9.87. The largest absolute Gasteiger partial charge is 0.507 e. The van der Waals surface area contributed by atoms with Crippen LogP contribution in [-0.4, -0.2) is 30.1 Å². The summed E-state index contributed by atoms with van der Waals surface area (Å²) in [4.78, 5) is 2.19. The number of anilines is 1. The third kappa shape index (κ3) is 2.72. The molecule has 2 aliphatic rings. The van der Waals surface area contributed by atoms with E-state index in [0.29, 0.717) is 23.6 Å². The lowest BCUT2D eigenvalue weighted by Gasteiger charge is -2.27. The van der Waals surface area contributed by atoms with Crippen molar-refractivity contribution in [3.63, 3.8) is 0 Å². The summed E-state index contributed by atoms with van der Waals surface area (Å²) in [6.07, 6.45) is 3.35. The third-order valence-electron chi connectivity index (χ3n) is 5.13. The number of rotatable bonds is 5. The Bertz CT molecular complexity index is 841. The molecule has 2 aliphatic heterocycles. The smallest absolute Gasteiger partial charge is 0.231 e. The fraction of sp³-hybridized carbons (Fsp3) is 0.400. The van der Waals surface area contributed by atoms with Gasteiger partial charge in [0.05, 0.1) is 6.54 Å². The number of benzene rings is 2. The summed E-state index contributed by atoms with van der Waals surface area (Å²) >= 11 is 3.59. The molecule has 1 atom stereocenters. The van der Waals surface area contributed by atoms with Crippen molar-refractivity contribution in [2.75, 3.05) is 24.8 Å². The number of unbranched alkanes of at least 4 members (excludes halogenated alkanes) is 2. The minimum atomic E-state index is -1.33. The zero-order valence-electron chi connectivity index (χ0n) is 14.7. The van der Waals surface area contributed by atoms with Gasteiger partial charge >= 0.3 is 0 Å². The molecule has 26 heavy (non-hydrogen) atoms. The maximum absolute atomic E-state index is 11.7. The molecule has 0 aliphatic carbocycles. The van der Waals surface area contributed by atoms with E-state index in [0.717, 1.165) is 41.5 Å². The Labute approximate surface area is 161 Å². The first kappa shape index (κ1) is 17.5. The van der Waals surface area contributed by atoms with Gasteiger partial charge in [0.2, 0.25) is 6.79 Å². The number of halogens is 1. The van der Waals surface area contributed by atoms with Crippen LogP contribution >= 0.6 is 15.9 Å². The molecule has 2 N–H and O–H groups in total. The second-order valence-corrected chi connectivity index (χ2v) is 7.70. The average molecular weight is 420 g/mol. The molecular formula is C20H22BrNO4. The van der Waals surface area contributed by atoms with Gasteiger partial charge in [-0.25, -0.2) is 0 Å². The molecular weight excluding hydrogens is 398 g/mol. The molecule has 0 spiro atoms. The van der Waals surface area contributed by atoms with Crippen LogP contribution in [0, 0.1) is 0 Å². The summed E-state index contributed by atoms with van der Waals surface area (Å²) in [6.45, 7) is 3.56. The first-order valence-electron chi connectivity index (χ1n) is 8.94. The van der Waals surface area contributed by atoms with Gasteiger partial charge in [-0.3, -0.25) is 0 Å². The highest BCUT2D eigenvalue weighted by Crippen LogP contribution is 2.51. The fourth-order valence-electron chi connectivity index (χ4n) is 3.86. The van der Waals surface area contributed by atoms with Gasteiger partial charge in [-0.15, -0.1) is 0 Å². The molecule has 0 saturated carbocycles. The van der Waals surface area contributed by atoms with E-state index >= 15 is 0 Å². The molecule has 4 rings (SSSR count). The highest BCUT2D eigenvalue weighted by Gasteiger charge is 2.46. The van der Waals surface area contributed by atoms with Gasteiger partial charge in [0.15, 0.2) is 11.5 Å². The Morgan fingerprint density at radius 1 is 1.19 bits per heavy atom. The predicted molar refractivity (Wildman–Crippen MR) is 103 cm³/mol. The van der Waals surface area contributed by atoms with E-state index in [9.17, 15) is 10.2 Å². The predicted octanol–water partition coefficient (Wildman–Crippen LogP) is 4.13. The molecule has 0 bridgehead atoms. The van der Waals surface area contributed by atoms with Crippen molar-refractivity contribution in [2.45, 2.75) is 31.8 Å². The number of phenols is 1. The fourth-order valence-corrected chi connectivity index (χ4v) is 4.54. The Morgan fingerprint density at radius 2 is 1.96 bits per heavy atom. The highest BCUT2D eigenvalue weighted by molar-refractivity contribution is 9.10. The molecule has 0 fully saturated rings. The summed E-state index contributed by atoms with van der Waals surface area (Å²) in [5.41, 5.74) is 0.890. The number of nitrogens with zero attached hydrogens (tertiary/aromatic N) is 1. The van der Waals surface area contributed by atoms with Crippen molar-refractivity contribution in [1.29, 1.82) is 0 Å². The van der Waals surface area contributed by atoms with Gasteiger partial charge in [0.1, 0.15) is 11.4 Å². The maximum Gasteiger partial charge on any atom is 0.231 e. The lowest BCUT2D eigenvalue weighted by molar-refractivity contribution is 0.0940.